The first-order chi connectivity index (χ1) is 12.9. The summed E-state index contributed by atoms with van der Waals surface area (Å²) in [6.07, 6.45) is 1.59. The second-order valence-electron chi connectivity index (χ2n) is 6.96. The van der Waals surface area contributed by atoms with Gasteiger partial charge in [0.25, 0.3) is 0 Å². The number of carbonyl (C=O) groups excluding carboxylic acids is 2. The first-order valence-electron chi connectivity index (χ1n) is 9.09. The average molecular weight is 430 g/mol. The fourth-order valence-electron chi connectivity index (χ4n) is 3.38. The molecule has 2 aromatic carbocycles. The molecular formula is C21H24BrN3O2. The van der Waals surface area contributed by atoms with Crippen LogP contribution in [0.2, 0.25) is 0 Å². The maximum absolute atomic E-state index is 12.3. The van der Waals surface area contributed by atoms with Crippen molar-refractivity contribution in [3.05, 3.63) is 63.1 Å². The van der Waals surface area contributed by atoms with Gasteiger partial charge in [-0.25, -0.2) is 4.79 Å². The summed E-state index contributed by atoms with van der Waals surface area (Å²) in [5, 5.41) is 5.84. The lowest BCUT2D eigenvalue weighted by Crippen LogP contribution is -2.29. The van der Waals surface area contributed by atoms with Crippen molar-refractivity contribution in [3.63, 3.8) is 0 Å². The number of amides is 3. The van der Waals surface area contributed by atoms with Gasteiger partial charge >= 0.3 is 6.03 Å². The van der Waals surface area contributed by atoms with Gasteiger partial charge in [0.05, 0.1) is 0 Å². The SMILES string of the molecule is Cc1cc(Br)cc(C)c1NC(=O)NCc1cccc(CN2CCCC2=O)c1. The van der Waals surface area contributed by atoms with Crippen LogP contribution >= 0.6 is 15.9 Å². The molecule has 0 saturated carbocycles. The number of nitrogens with zero attached hydrogens (tertiary/aromatic N) is 1. The van der Waals surface area contributed by atoms with Crippen molar-refractivity contribution < 1.29 is 9.59 Å². The van der Waals surface area contributed by atoms with Crippen LogP contribution in [0.4, 0.5) is 10.5 Å². The number of benzene rings is 2. The van der Waals surface area contributed by atoms with Gasteiger partial charge in [0.1, 0.15) is 0 Å². The lowest BCUT2D eigenvalue weighted by atomic mass is 10.1. The number of urea groups is 1. The molecule has 0 radical (unpaired) electrons. The summed E-state index contributed by atoms with van der Waals surface area (Å²) in [6, 6.07) is 11.7. The smallest absolute Gasteiger partial charge is 0.319 e. The highest BCUT2D eigenvalue weighted by molar-refractivity contribution is 9.10. The molecule has 3 rings (SSSR count). The fraction of sp³-hybridized carbons (Fsp3) is 0.333. The molecule has 1 heterocycles. The van der Waals surface area contributed by atoms with Crippen molar-refractivity contribution >= 4 is 33.6 Å². The Balaban J connectivity index is 1.57. The van der Waals surface area contributed by atoms with Gasteiger partial charge in [0.15, 0.2) is 0 Å². The number of likely N-dealkylation sites (tertiary alicyclic amines) is 1. The summed E-state index contributed by atoms with van der Waals surface area (Å²) in [5.74, 6) is 0.221. The van der Waals surface area contributed by atoms with Gasteiger partial charge in [-0.05, 0) is 54.7 Å². The molecule has 0 aliphatic carbocycles. The van der Waals surface area contributed by atoms with Crippen LogP contribution in [0, 0.1) is 13.8 Å². The molecule has 3 amide bonds. The molecule has 2 N–H and O–H groups in total. The number of hydrogen-bond donors (Lipinski definition) is 2. The molecule has 1 aliphatic heterocycles. The first kappa shape index (κ1) is 19.4. The standard InChI is InChI=1S/C21H24BrN3O2/c1-14-9-18(22)10-15(2)20(14)24-21(27)23-12-16-5-3-6-17(11-16)13-25-8-4-7-19(25)26/h3,5-6,9-11H,4,7-8,12-13H2,1-2H3,(H2,23,24,27). The van der Waals surface area contributed by atoms with E-state index in [1.165, 1.54) is 0 Å². The van der Waals surface area contributed by atoms with Crippen LogP contribution in [0.1, 0.15) is 35.1 Å². The van der Waals surface area contributed by atoms with Gasteiger partial charge in [-0.1, -0.05) is 40.2 Å². The van der Waals surface area contributed by atoms with E-state index >= 15 is 0 Å². The summed E-state index contributed by atoms with van der Waals surface area (Å²) in [7, 11) is 0. The molecule has 27 heavy (non-hydrogen) atoms. The zero-order valence-electron chi connectivity index (χ0n) is 15.6. The minimum absolute atomic E-state index is 0.221. The predicted molar refractivity (Wildman–Crippen MR) is 111 cm³/mol. The maximum atomic E-state index is 12.3. The van der Waals surface area contributed by atoms with Crippen molar-refractivity contribution in [2.45, 2.75) is 39.8 Å². The molecule has 6 heteroatoms. The third-order valence-electron chi connectivity index (χ3n) is 4.73. The number of halogens is 1. The Bertz CT molecular complexity index is 843. The van der Waals surface area contributed by atoms with Gasteiger partial charge in [-0.3, -0.25) is 4.79 Å². The van der Waals surface area contributed by atoms with Crippen LogP contribution in [0.5, 0.6) is 0 Å². The monoisotopic (exact) mass is 429 g/mol. The average Bonchev–Trinajstić information content (AvgIpc) is 3.01. The molecule has 2 aromatic rings. The van der Waals surface area contributed by atoms with Crippen molar-refractivity contribution in [1.82, 2.24) is 10.2 Å². The Morgan fingerprint density at radius 2 is 1.85 bits per heavy atom. The maximum Gasteiger partial charge on any atom is 0.319 e. The van der Waals surface area contributed by atoms with E-state index in [-0.39, 0.29) is 11.9 Å². The summed E-state index contributed by atoms with van der Waals surface area (Å²) >= 11 is 3.46. The highest BCUT2D eigenvalue weighted by atomic mass is 79.9. The fourth-order valence-corrected chi connectivity index (χ4v) is 4.06. The predicted octanol–water partition coefficient (Wildman–Crippen LogP) is 4.51. The minimum atomic E-state index is -0.233. The summed E-state index contributed by atoms with van der Waals surface area (Å²) in [4.78, 5) is 26.0. The van der Waals surface area contributed by atoms with Gasteiger partial charge in [-0.15, -0.1) is 0 Å². The number of anilines is 1. The first-order valence-corrected chi connectivity index (χ1v) is 9.89. The summed E-state index contributed by atoms with van der Waals surface area (Å²) in [6.45, 7) is 5.83. The Morgan fingerprint density at radius 1 is 1.15 bits per heavy atom. The molecule has 0 spiro atoms. The number of aryl methyl sites for hydroxylation is 2. The molecule has 0 aromatic heterocycles. The highest BCUT2D eigenvalue weighted by Crippen LogP contribution is 2.25. The van der Waals surface area contributed by atoms with Crippen LogP contribution in [-0.4, -0.2) is 23.4 Å². The lowest BCUT2D eigenvalue weighted by Gasteiger charge is -2.16. The van der Waals surface area contributed by atoms with Gasteiger partial charge in [-0.2, -0.15) is 0 Å². The highest BCUT2D eigenvalue weighted by Gasteiger charge is 2.19. The zero-order chi connectivity index (χ0) is 19.4. The number of nitrogens with one attached hydrogen (secondary N) is 2. The molecule has 1 fully saturated rings. The van der Waals surface area contributed by atoms with E-state index in [0.29, 0.717) is 19.5 Å². The molecular weight excluding hydrogens is 406 g/mol. The zero-order valence-corrected chi connectivity index (χ0v) is 17.2. The quantitative estimate of drug-likeness (QED) is 0.734. The third-order valence-corrected chi connectivity index (χ3v) is 5.18. The Morgan fingerprint density at radius 3 is 2.52 bits per heavy atom. The minimum Gasteiger partial charge on any atom is -0.338 e. The number of rotatable bonds is 5. The van der Waals surface area contributed by atoms with Crippen molar-refractivity contribution in [1.29, 1.82) is 0 Å². The summed E-state index contributed by atoms with van der Waals surface area (Å²) in [5.41, 5.74) is 4.95. The van der Waals surface area contributed by atoms with Crippen LogP contribution in [0.3, 0.4) is 0 Å². The molecule has 142 valence electrons. The second kappa shape index (κ2) is 8.57. The van der Waals surface area contributed by atoms with Crippen molar-refractivity contribution in [2.75, 3.05) is 11.9 Å². The van der Waals surface area contributed by atoms with Crippen LogP contribution in [-0.2, 0) is 17.9 Å². The molecule has 1 aliphatic rings. The van der Waals surface area contributed by atoms with Gasteiger partial charge in [0.2, 0.25) is 5.91 Å². The van der Waals surface area contributed by atoms with E-state index in [0.717, 1.165) is 45.4 Å². The second-order valence-corrected chi connectivity index (χ2v) is 7.88. The van der Waals surface area contributed by atoms with E-state index in [4.69, 9.17) is 0 Å². The van der Waals surface area contributed by atoms with E-state index in [9.17, 15) is 9.59 Å². The molecule has 0 atom stereocenters. The van der Waals surface area contributed by atoms with Crippen LogP contribution in [0.15, 0.2) is 40.9 Å². The molecule has 1 saturated heterocycles. The Hall–Kier alpha value is -2.34. The van der Waals surface area contributed by atoms with E-state index in [2.05, 4.69) is 26.6 Å². The lowest BCUT2D eigenvalue weighted by molar-refractivity contribution is -0.128. The Kier molecular flexibility index (Phi) is 6.16. The molecule has 0 unspecified atom stereocenters. The Labute approximate surface area is 168 Å². The van der Waals surface area contributed by atoms with E-state index in [1.807, 2.05) is 55.1 Å². The molecule has 5 nitrogen and oxygen atoms in total. The van der Waals surface area contributed by atoms with Crippen molar-refractivity contribution in [3.8, 4) is 0 Å². The molecule has 0 bridgehead atoms. The largest absolute Gasteiger partial charge is 0.338 e. The normalized spacial score (nSPS) is 13.7. The van der Waals surface area contributed by atoms with Crippen LogP contribution < -0.4 is 10.6 Å². The third kappa shape index (κ3) is 5.10. The van der Waals surface area contributed by atoms with Gasteiger partial charge < -0.3 is 15.5 Å². The van der Waals surface area contributed by atoms with Crippen LogP contribution in [0.25, 0.3) is 0 Å². The van der Waals surface area contributed by atoms with E-state index in [1.54, 1.807) is 0 Å². The number of hydrogen-bond acceptors (Lipinski definition) is 2. The summed E-state index contributed by atoms with van der Waals surface area (Å²) < 4.78 is 0.997. The topological polar surface area (TPSA) is 61.4 Å². The number of carbonyl (C=O) groups is 2. The van der Waals surface area contributed by atoms with Gasteiger partial charge in [0, 0.05) is 36.2 Å². The van der Waals surface area contributed by atoms with Crippen molar-refractivity contribution in [2.24, 2.45) is 0 Å². The van der Waals surface area contributed by atoms with E-state index < -0.39 is 0 Å².